The van der Waals surface area contributed by atoms with E-state index < -0.39 is 11.6 Å². The smallest absolute Gasteiger partial charge is 0.410 e. The molecule has 12 nitrogen and oxygen atoms in total. The van der Waals surface area contributed by atoms with Crippen molar-refractivity contribution in [1.82, 2.24) is 20.1 Å². The second kappa shape index (κ2) is 10.2. The Labute approximate surface area is 215 Å². The summed E-state index contributed by atoms with van der Waals surface area (Å²) in [6, 6.07) is 9.31. The molecule has 2 aliphatic rings. The fourth-order valence-electron chi connectivity index (χ4n) is 4.36. The molecule has 0 radical (unpaired) electrons. The van der Waals surface area contributed by atoms with Crippen molar-refractivity contribution >= 4 is 29.4 Å². The molecule has 0 saturated carbocycles. The topological polar surface area (TPSA) is 182 Å². The van der Waals surface area contributed by atoms with Gasteiger partial charge in [0, 0.05) is 38.3 Å². The first-order valence-electron chi connectivity index (χ1n) is 11.9. The van der Waals surface area contributed by atoms with Gasteiger partial charge in [0.2, 0.25) is 5.96 Å². The molecule has 3 heterocycles. The van der Waals surface area contributed by atoms with Crippen molar-refractivity contribution in [3.05, 3.63) is 46.5 Å². The van der Waals surface area contributed by atoms with E-state index in [1.54, 1.807) is 4.90 Å². The highest BCUT2D eigenvalue weighted by Crippen LogP contribution is 2.40. The van der Waals surface area contributed by atoms with E-state index in [-0.39, 0.29) is 29.1 Å². The predicted molar refractivity (Wildman–Crippen MR) is 139 cm³/mol. The molecule has 1 atom stereocenters. The molecule has 37 heavy (non-hydrogen) atoms. The number of amides is 1. The van der Waals surface area contributed by atoms with Gasteiger partial charge in [-0.3, -0.25) is 10.2 Å². The second-order valence-electron chi connectivity index (χ2n) is 9.89. The summed E-state index contributed by atoms with van der Waals surface area (Å²) in [4.78, 5) is 25.3. The van der Waals surface area contributed by atoms with E-state index in [4.69, 9.17) is 21.5 Å². The van der Waals surface area contributed by atoms with Crippen molar-refractivity contribution in [2.24, 2.45) is 4.99 Å². The van der Waals surface area contributed by atoms with E-state index in [2.05, 4.69) is 25.5 Å². The van der Waals surface area contributed by atoms with Crippen LogP contribution >= 0.6 is 0 Å². The maximum Gasteiger partial charge on any atom is 0.410 e. The Morgan fingerprint density at radius 3 is 2.62 bits per heavy atom. The normalized spacial score (nSPS) is 17.5. The summed E-state index contributed by atoms with van der Waals surface area (Å²) in [6.45, 7) is 8.87. The maximum absolute atomic E-state index is 12.4. The molecule has 1 aromatic heterocycles. The van der Waals surface area contributed by atoms with Gasteiger partial charge in [-0.25, -0.2) is 14.8 Å². The van der Waals surface area contributed by atoms with Crippen molar-refractivity contribution in [3.8, 4) is 12.3 Å². The Bertz CT molecular complexity index is 1310. The van der Waals surface area contributed by atoms with Crippen LogP contribution in [0.2, 0.25) is 0 Å². The van der Waals surface area contributed by atoms with E-state index >= 15 is 0 Å². The molecule has 6 N–H and O–H groups in total. The lowest BCUT2D eigenvalue weighted by atomic mass is 9.94. The molecule has 1 unspecified atom stereocenters. The highest BCUT2D eigenvalue weighted by atomic mass is 16.6. The number of guanidine groups is 1. The minimum Gasteiger partial charge on any atom is -0.444 e. The summed E-state index contributed by atoms with van der Waals surface area (Å²) < 4.78 is 5.48. The van der Waals surface area contributed by atoms with Crippen LogP contribution in [0.4, 0.5) is 22.1 Å². The number of fused-ring (bicyclic) bond motifs is 1. The largest absolute Gasteiger partial charge is 0.444 e. The van der Waals surface area contributed by atoms with Gasteiger partial charge >= 0.3 is 6.09 Å². The summed E-state index contributed by atoms with van der Waals surface area (Å²) >= 11 is 0. The SMILES string of the molecule is CC(C)(C)OC(=O)N1CCN(Cc2cccc(C3N=C(NC#N)Nc4nc(N)c(C#N)c(N)c43)c2)CC1. The van der Waals surface area contributed by atoms with E-state index in [1.165, 1.54) is 0 Å². The summed E-state index contributed by atoms with van der Waals surface area (Å²) in [6.07, 6.45) is 1.56. The number of pyridine rings is 1. The van der Waals surface area contributed by atoms with Crippen molar-refractivity contribution in [2.45, 2.75) is 39.0 Å². The van der Waals surface area contributed by atoms with Gasteiger partial charge in [-0.05, 0) is 31.9 Å². The fraction of sp³-hybridized carbons (Fsp3) is 0.400. The molecule has 0 spiro atoms. The molecule has 2 aliphatic heterocycles. The minimum atomic E-state index is -0.601. The number of nitrogens with one attached hydrogen (secondary N) is 2. The van der Waals surface area contributed by atoms with E-state index in [9.17, 15) is 10.1 Å². The van der Waals surface area contributed by atoms with Gasteiger partial charge < -0.3 is 26.4 Å². The molecule has 0 bridgehead atoms. The molecule has 0 aliphatic carbocycles. The van der Waals surface area contributed by atoms with E-state index in [0.29, 0.717) is 31.0 Å². The highest BCUT2D eigenvalue weighted by molar-refractivity contribution is 5.98. The number of ether oxygens (including phenoxy) is 1. The molecule has 12 heteroatoms. The molecule has 192 valence electrons. The summed E-state index contributed by atoms with van der Waals surface area (Å²) in [5.74, 6) is 0.553. The number of hydrogen-bond acceptors (Lipinski definition) is 11. The Balaban J connectivity index is 1.55. The number of carbonyl (C=O) groups is 1. The number of piperazine rings is 1. The monoisotopic (exact) mass is 502 g/mol. The van der Waals surface area contributed by atoms with Gasteiger partial charge in [0.25, 0.3) is 0 Å². The first kappa shape index (κ1) is 25.5. The maximum atomic E-state index is 12.4. The fourth-order valence-corrected chi connectivity index (χ4v) is 4.36. The zero-order valence-electron chi connectivity index (χ0n) is 21.1. The third-order valence-electron chi connectivity index (χ3n) is 6.05. The Hall–Kier alpha value is -4.55. The second-order valence-corrected chi connectivity index (χ2v) is 9.89. The minimum absolute atomic E-state index is 0.00230. The number of hydrogen-bond donors (Lipinski definition) is 4. The lowest BCUT2D eigenvalue weighted by Gasteiger charge is -2.35. The van der Waals surface area contributed by atoms with E-state index in [1.807, 2.05) is 57.3 Å². The summed E-state index contributed by atoms with van der Waals surface area (Å²) in [5.41, 5.74) is 14.4. The number of carbonyl (C=O) groups excluding carboxylic acids is 1. The molecule has 2 aromatic rings. The summed E-state index contributed by atoms with van der Waals surface area (Å²) in [5, 5.41) is 24.1. The number of aliphatic imine (C=N–C) groups is 1. The number of aromatic nitrogens is 1. The number of rotatable bonds is 3. The number of benzene rings is 1. The van der Waals surface area contributed by atoms with Crippen LogP contribution in [-0.4, -0.2) is 58.6 Å². The van der Waals surface area contributed by atoms with E-state index in [0.717, 1.165) is 24.2 Å². The quantitative estimate of drug-likeness (QED) is 0.358. The zero-order valence-corrected chi connectivity index (χ0v) is 21.1. The standard InChI is InChI=1S/C25H30N10O2/c1-25(2,3)37-24(36)35-9-7-34(8-10-35)13-15-5-4-6-16(11-15)20-18-19(28)17(12-26)21(29)32-22(18)33-23(31-20)30-14-27/h4-6,11,20H,7-10,13H2,1-3H3,(H6,28,29,30,31,32,33). The van der Waals surface area contributed by atoms with Crippen LogP contribution in [0.5, 0.6) is 0 Å². The number of anilines is 3. The van der Waals surface area contributed by atoms with Crippen LogP contribution in [-0.2, 0) is 11.3 Å². The van der Waals surface area contributed by atoms with Gasteiger partial charge in [0.05, 0.1) is 5.69 Å². The molecule has 4 rings (SSSR count). The van der Waals surface area contributed by atoms with Crippen molar-refractivity contribution in [1.29, 1.82) is 10.5 Å². The average molecular weight is 503 g/mol. The van der Waals surface area contributed by atoms with Crippen LogP contribution < -0.4 is 22.1 Å². The lowest BCUT2D eigenvalue weighted by molar-refractivity contribution is 0.0139. The molecule has 1 saturated heterocycles. The molecule has 1 amide bonds. The molecule has 1 fully saturated rings. The average Bonchev–Trinajstić information content (AvgIpc) is 2.83. The Morgan fingerprint density at radius 1 is 1.24 bits per heavy atom. The number of nitriles is 2. The van der Waals surface area contributed by atoms with Crippen LogP contribution in [0.1, 0.15) is 49.1 Å². The van der Waals surface area contributed by atoms with Gasteiger partial charge in [-0.2, -0.15) is 10.5 Å². The first-order chi connectivity index (χ1) is 17.6. The van der Waals surface area contributed by atoms with Crippen molar-refractivity contribution in [2.75, 3.05) is 43.0 Å². The van der Waals surface area contributed by atoms with Gasteiger partial charge in [-0.1, -0.05) is 24.3 Å². The van der Waals surface area contributed by atoms with Crippen LogP contribution in [0, 0.1) is 22.8 Å². The van der Waals surface area contributed by atoms with Crippen LogP contribution in [0.15, 0.2) is 29.3 Å². The molecular formula is C25H30N10O2. The Kier molecular flexibility index (Phi) is 7.05. The van der Waals surface area contributed by atoms with Crippen LogP contribution in [0.25, 0.3) is 0 Å². The third kappa shape index (κ3) is 5.66. The van der Waals surface area contributed by atoms with Crippen molar-refractivity contribution < 1.29 is 9.53 Å². The van der Waals surface area contributed by atoms with Gasteiger partial charge in [-0.15, -0.1) is 0 Å². The first-order valence-corrected chi connectivity index (χ1v) is 11.9. The zero-order chi connectivity index (χ0) is 26.7. The number of nitrogens with two attached hydrogens (primary N) is 2. The third-order valence-corrected chi connectivity index (χ3v) is 6.05. The lowest BCUT2D eigenvalue weighted by Crippen LogP contribution is -2.49. The Morgan fingerprint density at radius 2 is 1.97 bits per heavy atom. The highest BCUT2D eigenvalue weighted by Gasteiger charge is 2.30. The van der Waals surface area contributed by atoms with Crippen molar-refractivity contribution in [3.63, 3.8) is 0 Å². The number of nitrogens with zero attached hydrogens (tertiary/aromatic N) is 6. The predicted octanol–water partition coefficient (Wildman–Crippen LogP) is 2.11. The molecular weight excluding hydrogens is 472 g/mol. The number of nitrogen functional groups attached to an aromatic ring is 2. The van der Waals surface area contributed by atoms with Gasteiger partial charge in [0.15, 0.2) is 6.19 Å². The molecule has 1 aromatic carbocycles. The van der Waals surface area contributed by atoms with Crippen LogP contribution in [0.3, 0.4) is 0 Å². The van der Waals surface area contributed by atoms with Gasteiger partial charge in [0.1, 0.15) is 34.9 Å². The summed E-state index contributed by atoms with van der Waals surface area (Å²) in [7, 11) is 0.